The molecule has 1 saturated heterocycles. The molecule has 1 aliphatic rings. The summed E-state index contributed by atoms with van der Waals surface area (Å²) in [6.45, 7) is 9.18. The molecule has 0 saturated carbocycles. The van der Waals surface area contributed by atoms with Gasteiger partial charge in [-0.05, 0) is 44.4 Å². The lowest BCUT2D eigenvalue weighted by atomic mass is 10.1. The Kier molecular flexibility index (Phi) is 5.61. The first kappa shape index (κ1) is 14.3. The Balaban J connectivity index is 1.83. The molecule has 106 valence electrons. The predicted molar refractivity (Wildman–Crippen MR) is 78.3 cm³/mol. The van der Waals surface area contributed by atoms with Gasteiger partial charge in [-0.3, -0.25) is 4.90 Å². The molecule has 1 aromatic heterocycles. The number of nitrogens with zero attached hydrogens (tertiary/aromatic N) is 2. The maximum Gasteiger partial charge on any atom is 0.126 e. The van der Waals surface area contributed by atoms with Gasteiger partial charge in [-0.15, -0.1) is 0 Å². The van der Waals surface area contributed by atoms with Crippen molar-refractivity contribution in [3.05, 3.63) is 23.9 Å². The molecule has 2 rings (SSSR count). The first-order chi connectivity index (χ1) is 9.31. The first-order valence-electron chi connectivity index (χ1n) is 7.34. The summed E-state index contributed by atoms with van der Waals surface area (Å²) < 4.78 is 5.69. The number of hydrogen-bond donors (Lipinski definition) is 1. The Morgan fingerprint density at radius 3 is 2.84 bits per heavy atom. The van der Waals surface area contributed by atoms with E-state index in [0.29, 0.717) is 6.10 Å². The fraction of sp³-hybridized carbons (Fsp3) is 0.667. The zero-order chi connectivity index (χ0) is 13.5. The molecule has 0 radical (unpaired) electrons. The third-order valence-corrected chi connectivity index (χ3v) is 3.53. The molecular formula is C15H25N3O. The number of piperidine rings is 1. The molecule has 19 heavy (non-hydrogen) atoms. The second kappa shape index (κ2) is 7.46. The van der Waals surface area contributed by atoms with E-state index < -0.39 is 0 Å². The molecular weight excluding hydrogens is 238 g/mol. The molecule has 0 aromatic carbocycles. The Morgan fingerprint density at radius 2 is 2.16 bits per heavy atom. The van der Waals surface area contributed by atoms with Gasteiger partial charge in [0.2, 0.25) is 0 Å². The molecule has 4 heteroatoms. The SMILES string of the molecule is CCNc1cc(CN2CCC(OCC)CC2)ccn1. The van der Waals surface area contributed by atoms with Crippen LogP contribution in [0.4, 0.5) is 5.82 Å². The van der Waals surface area contributed by atoms with Gasteiger partial charge < -0.3 is 10.1 Å². The van der Waals surface area contributed by atoms with Crippen molar-refractivity contribution in [1.29, 1.82) is 0 Å². The van der Waals surface area contributed by atoms with Crippen molar-refractivity contribution in [1.82, 2.24) is 9.88 Å². The molecule has 1 N–H and O–H groups in total. The van der Waals surface area contributed by atoms with Gasteiger partial charge in [-0.25, -0.2) is 4.98 Å². The van der Waals surface area contributed by atoms with Crippen LogP contribution in [-0.2, 0) is 11.3 Å². The van der Waals surface area contributed by atoms with Crippen molar-refractivity contribution < 1.29 is 4.74 Å². The second-order valence-corrected chi connectivity index (χ2v) is 5.01. The number of nitrogens with one attached hydrogen (secondary N) is 1. The number of aromatic nitrogens is 1. The highest BCUT2D eigenvalue weighted by molar-refractivity contribution is 5.37. The maximum absolute atomic E-state index is 5.69. The normalized spacial score (nSPS) is 17.6. The van der Waals surface area contributed by atoms with Gasteiger partial charge in [0, 0.05) is 39.0 Å². The van der Waals surface area contributed by atoms with E-state index in [1.165, 1.54) is 5.56 Å². The molecule has 0 bridgehead atoms. The van der Waals surface area contributed by atoms with Crippen LogP contribution in [0.5, 0.6) is 0 Å². The fourth-order valence-electron chi connectivity index (χ4n) is 2.58. The van der Waals surface area contributed by atoms with Crippen LogP contribution in [0.2, 0.25) is 0 Å². The summed E-state index contributed by atoms with van der Waals surface area (Å²) in [6.07, 6.45) is 4.66. The molecule has 4 nitrogen and oxygen atoms in total. The number of rotatable bonds is 6. The van der Waals surface area contributed by atoms with Crippen molar-refractivity contribution in [3.63, 3.8) is 0 Å². The predicted octanol–water partition coefficient (Wildman–Crippen LogP) is 2.51. The van der Waals surface area contributed by atoms with Crippen LogP contribution < -0.4 is 5.32 Å². The standard InChI is InChI=1S/C15H25N3O/c1-3-16-15-11-13(5-8-17-15)12-18-9-6-14(7-10-18)19-4-2/h5,8,11,14H,3-4,6-7,9-10,12H2,1-2H3,(H,16,17). The van der Waals surface area contributed by atoms with E-state index in [-0.39, 0.29) is 0 Å². The lowest BCUT2D eigenvalue weighted by Gasteiger charge is -2.31. The van der Waals surface area contributed by atoms with Crippen LogP contribution >= 0.6 is 0 Å². The van der Waals surface area contributed by atoms with Gasteiger partial charge in [0.1, 0.15) is 5.82 Å². The van der Waals surface area contributed by atoms with Crippen LogP contribution in [0.1, 0.15) is 32.3 Å². The largest absolute Gasteiger partial charge is 0.378 e. The minimum absolute atomic E-state index is 0.469. The van der Waals surface area contributed by atoms with Gasteiger partial charge in [0.25, 0.3) is 0 Å². The number of anilines is 1. The summed E-state index contributed by atoms with van der Waals surface area (Å²) in [4.78, 5) is 6.81. The van der Waals surface area contributed by atoms with Crippen molar-refractivity contribution in [2.24, 2.45) is 0 Å². The molecule has 1 aromatic rings. The summed E-state index contributed by atoms with van der Waals surface area (Å²) in [5.41, 5.74) is 1.33. The molecule has 0 unspecified atom stereocenters. The molecule has 0 aliphatic carbocycles. The molecule has 1 aliphatic heterocycles. The van der Waals surface area contributed by atoms with Crippen LogP contribution in [-0.4, -0.2) is 42.2 Å². The highest BCUT2D eigenvalue weighted by Crippen LogP contribution is 2.17. The lowest BCUT2D eigenvalue weighted by molar-refractivity contribution is 0.0125. The Bertz CT molecular complexity index is 375. The number of pyridine rings is 1. The smallest absolute Gasteiger partial charge is 0.126 e. The van der Waals surface area contributed by atoms with Crippen LogP contribution in [0.15, 0.2) is 18.3 Å². The van der Waals surface area contributed by atoms with Gasteiger partial charge in [0.15, 0.2) is 0 Å². The average Bonchev–Trinajstić information content (AvgIpc) is 2.42. The van der Waals surface area contributed by atoms with E-state index in [0.717, 1.165) is 51.4 Å². The van der Waals surface area contributed by atoms with E-state index in [2.05, 4.69) is 41.2 Å². The average molecular weight is 263 g/mol. The van der Waals surface area contributed by atoms with Crippen LogP contribution in [0.25, 0.3) is 0 Å². The minimum atomic E-state index is 0.469. The third-order valence-electron chi connectivity index (χ3n) is 3.53. The summed E-state index contributed by atoms with van der Waals surface area (Å²) in [5.74, 6) is 0.976. The Morgan fingerprint density at radius 1 is 1.37 bits per heavy atom. The molecule has 0 amide bonds. The Hall–Kier alpha value is -1.13. The zero-order valence-corrected chi connectivity index (χ0v) is 12.1. The van der Waals surface area contributed by atoms with E-state index >= 15 is 0 Å². The van der Waals surface area contributed by atoms with E-state index in [9.17, 15) is 0 Å². The summed E-state index contributed by atoms with van der Waals surface area (Å²) in [6, 6.07) is 4.26. The van der Waals surface area contributed by atoms with Crippen LogP contribution in [0, 0.1) is 0 Å². The maximum atomic E-state index is 5.69. The first-order valence-corrected chi connectivity index (χ1v) is 7.34. The molecule has 1 fully saturated rings. The Labute approximate surface area is 116 Å². The minimum Gasteiger partial charge on any atom is -0.378 e. The fourth-order valence-corrected chi connectivity index (χ4v) is 2.58. The highest BCUT2D eigenvalue weighted by Gasteiger charge is 2.19. The highest BCUT2D eigenvalue weighted by atomic mass is 16.5. The molecule has 2 heterocycles. The summed E-state index contributed by atoms with van der Waals surface area (Å²) in [7, 11) is 0. The summed E-state index contributed by atoms with van der Waals surface area (Å²) >= 11 is 0. The van der Waals surface area contributed by atoms with Crippen molar-refractivity contribution in [3.8, 4) is 0 Å². The lowest BCUT2D eigenvalue weighted by Crippen LogP contribution is -2.36. The van der Waals surface area contributed by atoms with E-state index in [1.54, 1.807) is 0 Å². The molecule has 0 atom stereocenters. The third kappa shape index (κ3) is 4.48. The van der Waals surface area contributed by atoms with Gasteiger partial charge in [0.05, 0.1) is 6.10 Å². The topological polar surface area (TPSA) is 37.4 Å². The van der Waals surface area contributed by atoms with E-state index in [1.807, 2.05) is 6.20 Å². The number of likely N-dealkylation sites (tertiary alicyclic amines) is 1. The summed E-state index contributed by atoms with van der Waals surface area (Å²) in [5, 5.41) is 3.26. The van der Waals surface area contributed by atoms with Crippen LogP contribution in [0.3, 0.4) is 0 Å². The number of hydrogen-bond acceptors (Lipinski definition) is 4. The van der Waals surface area contributed by atoms with Gasteiger partial charge in [-0.1, -0.05) is 0 Å². The van der Waals surface area contributed by atoms with Crippen molar-refractivity contribution >= 4 is 5.82 Å². The van der Waals surface area contributed by atoms with Gasteiger partial charge >= 0.3 is 0 Å². The quantitative estimate of drug-likeness (QED) is 0.856. The number of ether oxygens (including phenoxy) is 1. The second-order valence-electron chi connectivity index (χ2n) is 5.01. The van der Waals surface area contributed by atoms with Gasteiger partial charge in [-0.2, -0.15) is 0 Å². The molecule has 0 spiro atoms. The van der Waals surface area contributed by atoms with Crippen molar-refractivity contribution in [2.45, 2.75) is 39.3 Å². The van der Waals surface area contributed by atoms with E-state index in [4.69, 9.17) is 4.74 Å². The monoisotopic (exact) mass is 263 g/mol. The van der Waals surface area contributed by atoms with Crippen molar-refractivity contribution in [2.75, 3.05) is 31.6 Å². The zero-order valence-electron chi connectivity index (χ0n) is 12.1.